The largest absolute Gasteiger partial charge is 0.358 e. The molecule has 0 atom stereocenters. The van der Waals surface area contributed by atoms with Crippen molar-refractivity contribution in [3.05, 3.63) is 350 Å². The summed E-state index contributed by atoms with van der Waals surface area (Å²) >= 11 is 0. The smallest absolute Gasteiger partial charge is 0 e. The summed E-state index contributed by atoms with van der Waals surface area (Å²) < 4.78 is 0. The number of fused-ring (bicyclic) bond motifs is 18. The Bertz CT molecular complexity index is 2990. The second kappa shape index (κ2) is 41.7. The fourth-order valence-electron chi connectivity index (χ4n) is 9.73. The van der Waals surface area contributed by atoms with Gasteiger partial charge in [0.15, 0.2) is 0 Å². The molecule has 0 aromatic heterocycles. The van der Waals surface area contributed by atoms with Crippen LogP contribution in [0.5, 0.6) is 0 Å². The minimum Gasteiger partial charge on any atom is -0.358 e. The van der Waals surface area contributed by atoms with Gasteiger partial charge in [0, 0.05) is 63.2 Å². The molecule has 0 bridgehead atoms. The first-order valence-corrected chi connectivity index (χ1v) is 27.7. The van der Waals surface area contributed by atoms with E-state index in [4.69, 9.17) is 0 Å². The van der Waals surface area contributed by atoms with Crippen molar-refractivity contribution in [3.63, 3.8) is 0 Å². The van der Waals surface area contributed by atoms with Crippen LogP contribution < -0.4 is 0 Å². The second-order valence-corrected chi connectivity index (χ2v) is 17.4. The van der Waals surface area contributed by atoms with Crippen LogP contribution in [0.1, 0.15) is 41.5 Å². The van der Waals surface area contributed by atoms with E-state index in [1.165, 1.54) is 97.0 Å². The first kappa shape index (κ1) is 74.7. The SMILES string of the molecule is CC.CC.CC.[CH3-].[CH3-].[CH3-].[W].[W].[W].c1ccc2c(c1)c1ccccc1c1ccccc21.c1ccc2c(c1)c1ccccc1c1ccccc21.c1ccc2c(c1)c1ccccc1c1ccccc21.c1ccccc1.c1ccccc1.c1ccccc1. The third kappa shape index (κ3) is 19.1. The third-order valence-corrected chi connectivity index (χ3v) is 13.0. The molecule has 0 aliphatic carbocycles. The van der Waals surface area contributed by atoms with Crippen LogP contribution in [-0.4, -0.2) is 0 Å². The molecule has 0 heterocycles. The second-order valence-electron chi connectivity index (χ2n) is 17.4. The van der Waals surface area contributed by atoms with Gasteiger partial charge in [0.25, 0.3) is 0 Å². The quantitative estimate of drug-likeness (QED) is 0.105. The predicted molar refractivity (Wildman–Crippen MR) is 369 cm³/mol. The summed E-state index contributed by atoms with van der Waals surface area (Å²) in [7, 11) is 0. The number of benzene rings is 15. The molecule has 15 aromatic carbocycles. The summed E-state index contributed by atoms with van der Waals surface area (Å²) in [5, 5.41) is 24.1. The van der Waals surface area contributed by atoms with Crippen molar-refractivity contribution in [2.45, 2.75) is 41.5 Å². The Morgan fingerprint density at radius 1 is 0.107 bits per heavy atom. The predicted octanol–water partition coefficient (Wildman–Crippen LogP) is 24.9. The Morgan fingerprint density at radius 2 is 0.155 bits per heavy atom. The standard InChI is InChI=1S/3C18H12.3C6H6.3C2H6.3CH3.3W/c3*1-2-8-14-13(7-1)15-9-3-4-11-17(15)18-12-6-5-10-16(14)18;3*1-2-4-6-5-3-1;3*1-2;;;;;;/h3*1-12H;3*1-6H;3*1-2H3;3*1H3;;;/q;;;;;;;;;3*-1;;;. The third-order valence-electron chi connectivity index (χ3n) is 13.0. The van der Waals surface area contributed by atoms with Gasteiger partial charge in [-0.05, 0) is 97.0 Å². The number of hydrogen-bond donors (Lipinski definition) is 0. The van der Waals surface area contributed by atoms with Gasteiger partial charge in [-0.1, -0.05) is 369 Å². The van der Waals surface area contributed by atoms with Crippen LogP contribution in [0.3, 0.4) is 0 Å². The van der Waals surface area contributed by atoms with Crippen LogP contribution in [-0.2, 0) is 63.2 Å². The summed E-state index contributed by atoms with van der Waals surface area (Å²) in [6.45, 7) is 12.0. The maximum atomic E-state index is 2.21. The van der Waals surface area contributed by atoms with E-state index in [0.29, 0.717) is 0 Å². The van der Waals surface area contributed by atoms with Crippen LogP contribution in [0.4, 0.5) is 0 Å². The molecule has 426 valence electrons. The molecule has 0 N–H and O–H groups in total. The number of rotatable bonds is 0. The first-order chi connectivity index (χ1) is 38.8. The van der Waals surface area contributed by atoms with Gasteiger partial charge in [0.1, 0.15) is 0 Å². The summed E-state index contributed by atoms with van der Waals surface area (Å²) in [4.78, 5) is 0. The monoisotopic (exact) mass is 1610 g/mol. The van der Waals surface area contributed by atoms with Crippen molar-refractivity contribution >= 4 is 97.0 Å². The molecule has 3 heteroatoms. The summed E-state index contributed by atoms with van der Waals surface area (Å²) in [5.74, 6) is 0. The van der Waals surface area contributed by atoms with E-state index >= 15 is 0 Å². The number of hydrogen-bond acceptors (Lipinski definition) is 0. The zero-order valence-electron chi connectivity index (χ0n) is 50.4. The van der Waals surface area contributed by atoms with Gasteiger partial charge in [-0.3, -0.25) is 0 Å². The van der Waals surface area contributed by atoms with Crippen LogP contribution in [0, 0.1) is 22.3 Å². The first-order valence-electron chi connectivity index (χ1n) is 27.7. The molecular formula is C81H81W3-3. The van der Waals surface area contributed by atoms with Gasteiger partial charge in [0.2, 0.25) is 0 Å². The maximum Gasteiger partial charge on any atom is 0 e. The van der Waals surface area contributed by atoms with Crippen molar-refractivity contribution < 1.29 is 63.2 Å². The van der Waals surface area contributed by atoms with Gasteiger partial charge in [-0.25, -0.2) is 0 Å². The average Bonchev–Trinajstić information content (AvgIpc) is 1.51. The van der Waals surface area contributed by atoms with E-state index < -0.39 is 0 Å². The molecule has 15 rings (SSSR count). The van der Waals surface area contributed by atoms with Gasteiger partial charge in [0.05, 0.1) is 0 Å². The molecule has 84 heavy (non-hydrogen) atoms. The van der Waals surface area contributed by atoms with E-state index in [0.717, 1.165) is 0 Å². The van der Waals surface area contributed by atoms with Crippen LogP contribution in [0.25, 0.3) is 97.0 Å². The molecule has 0 saturated carbocycles. The van der Waals surface area contributed by atoms with Crippen molar-refractivity contribution in [2.75, 3.05) is 0 Å². The Balaban J connectivity index is 0.000000513. The molecule has 0 unspecified atom stereocenters. The van der Waals surface area contributed by atoms with Gasteiger partial charge < -0.3 is 22.3 Å². The van der Waals surface area contributed by atoms with Crippen molar-refractivity contribution in [3.8, 4) is 0 Å². The zero-order valence-corrected chi connectivity index (χ0v) is 59.2. The van der Waals surface area contributed by atoms with Crippen LogP contribution in [0.2, 0.25) is 0 Å². The van der Waals surface area contributed by atoms with Gasteiger partial charge in [-0.2, -0.15) is 0 Å². The molecule has 0 fully saturated rings. The minimum atomic E-state index is 0. The van der Waals surface area contributed by atoms with E-state index in [1.807, 2.05) is 151 Å². The van der Waals surface area contributed by atoms with E-state index in [2.05, 4.69) is 218 Å². The Hall–Kier alpha value is -7.30. The molecule has 0 spiro atoms. The van der Waals surface area contributed by atoms with Crippen molar-refractivity contribution in [2.24, 2.45) is 0 Å². The topological polar surface area (TPSA) is 0 Å². The fourth-order valence-corrected chi connectivity index (χ4v) is 9.73. The molecular weight excluding hydrogens is 1520 g/mol. The van der Waals surface area contributed by atoms with Crippen LogP contribution >= 0.6 is 0 Å². The maximum absolute atomic E-state index is 2.21. The molecule has 0 amide bonds. The summed E-state index contributed by atoms with van der Waals surface area (Å²) in [6.07, 6.45) is 0. The fraction of sp³-hybridized carbons (Fsp3) is 0.0741. The average molecular weight is 1610 g/mol. The van der Waals surface area contributed by atoms with Gasteiger partial charge >= 0.3 is 0 Å². The zero-order chi connectivity index (χ0) is 54.6. The Morgan fingerprint density at radius 3 is 0.202 bits per heavy atom. The molecule has 0 aliphatic rings. The Kier molecular flexibility index (Phi) is 37.1. The molecule has 0 aliphatic heterocycles. The normalized spacial score (nSPS) is 9.21. The molecule has 0 saturated heterocycles. The van der Waals surface area contributed by atoms with Crippen LogP contribution in [0.15, 0.2) is 328 Å². The van der Waals surface area contributed by atoms with E-state index in [-0.39, 0.29) is 85.5 Å². The van der Waals surface area contributed by atoms with Crippen molar-refractivity contribution in [1.29, 1.82) is 0 Å². The minimum absolute atomic E-state index is 0. The molecule has 0 nitrogen and oxygen atoms in total. The summed E-state index contributed by atoms with van der Waals surface area (Å²) in [6, 6.07) is 114. The van der Waals surface area contributed by atoms with Crippen molar-refractivity contribution in [1.82, 2.24) is 0 Å². The molecule has 0 radical (unpaired) electrons. The molecule has 15 aromatic rings. The summed E-state index contributed by atoms with van der Waals surface area (Å²) in [5.41, 5.74) is 0. The van der Waals surface area contributed by atoms with Gasteiger partial charge in [-0.15, -0.1) is 0 Å². The van der Waals surface area contributed by atoms with E-state index in [9.17, 15) is 0 Å². The Labute approximate surface area is 546 Å². The van der Waals surface area contributed by atoms with E-state index in [1.54, 1.807) is 0 Å².